The third kappa shape index (κ3) is 4.12. The Labute approximate surface area is 162 Å². The molecule has 152 valence electrons. The lowest BCUT2D eigenvalue weighted by Gasteiger charge is -2.44. The molecule has 2 fully saturated rings. The first kappa shape index (κ1) is 22.1. The monoisotopic (exact) mass is 382 g/mol. The maximum Gasteiger partial charge on any atom is 0.193 e. The molecule has 0 unspecified atom stereocenters. The second-order valence-corrected chi connectivity index (χ2v) is 13.8. The number of epoxide rings is 1. The molecule has 1 aliphatic heterocycles. The van der Waals surface area contributed by atoms with E-state index in [1.165, 1.54) is 56.7 Å². The number of ether oxygens (including phenoxy) is 1. The number of fused-ring (bicyclic) bond motifs is 1. The molecule has 0 bridgehead atoms. The van der Waals surface area contributed by atoms with E-state index in [0.29, 0.717) is 0 Å². The molecule has 0 aromatic heterocycles. The minimum atomic E-state index is -1.73. The zero-order chi connectivity index (χ0) is 19.5. The first-order valence-corrected chi connectivity index (χ1v) is 13.6. The van der Waals surface area contributed by atoms with Crippen LogP contribution in [0.2, 0.25) is 18.1 Å². The van der Waals surface area contributed by atoms with Crippen LogP contribution in [0.4, 0.5) is 0 Å². The fourth-order valence-corrected chi connectivity index (χ4v) is 10.4. The van der Waals surface area contributed by atoms with Gasteiger partial charge >= 0.3 is 0 Å². The van der Waals surface area contributed by atoms with Crippen LogP contribution in [0.3, 0.4) is 0 Å². The molecule has 3 atom stereocenters. The third-order valence-corrected chi connectivity index (χ3v) is 11.7. The van der Waals surface area contributed by atoms with Crippen LogP contribution < -0.4 is 0 Å². The smallest absolute Gasteiger partial charge is 0.193 e. The summed E-state index contributed by atoms with van der Waals surface area (Å²) in [7, 11) is -1.73. The second kappa shape index (κ2) is 8.44. The summed E-state index contributed by atoms with van der Waals surface area (Å²) >= 11 is 0. The van der Waals surface area contributed by atoms with Gasteiger partial charge in [0.15, 0.2) is 20.2 Å². The standard InChI is InChI=1S/C22H42O3Si/c1-7-10-13-26(14-11-8-2,15-12-9-3)24-19-16-20(4,5)22(18-23)21(6,17-19)25-22/h18-19H,7-17H2,1-6H3/t19-,21-,22+/m0/s1. The van der Waals surface area contributed by atoms with Crippen LogP contribution in [0, 0.1) is 5.41 Å². The summed E-state index contributed by atoms with van der Waals surface area (Å²) in [6, 6.07) is 3.91. The van der Waals surface area contributed by atoms with Gasteiger partial charge in [-0.15, -0.1) is 0 Å². The van der Waals surface area contributed by atoms with Crippen molar-refractivity contribution in [2.75, 3.05) is 0 Å². The summed E-state index contributed by atoms with van der Waals surface area (Å²) < 4.78 is 13.2. The number of carbonyl (C=O) groups is 1. The van der Waals surface area contributed by atoms with E-state index in [0.717, 1.165) is 19.1 Å². The van der Waals surface area contributed by atoms with Crippen molar-refractivity contribution in [3.63, 3.8) is 0 Å². The van der Waals surface area contributed by atoms with Crippen LogP contribution in [0.25, 0.3) is 0 Å². The van der Waals surface area contributed by atoms with E-state index >= 15 is 0 Å². The molecule has 0 amide bonds. The van der Waals surface area contributed by atoms with Crippen LogP contribution in [0.15, 0.2) is 0 Å². The summed E-state index contributed by atoms with van der Waals surface area (Å²) in [6.07, 6.45) is 10.8. The van der Waals surface area contributed by atoms with Gasteiger partial charge in [0.2, 0.25) is 0 Å². The predicted molar refractivity (Wildman–Crippen MR) is 111 cm³/mol. The van der Waals surface area contributed by atoms with Gasteiger partial charge in [-0.2, -0.15) is 0 Å². The Morgan fingerprint density at radius 2 is 1.46 bits per heavy atom. The third-order valence-electron chi connectivity index (χ3n) is 7.03. The fraction of sp³-hybridized carbons (Fsp3) is 0.955. The predicted octanol–water partition coefficient (Wildman–Crippen LogP) is 6.26. The van der Waals surface area contributed by atoms with E-state index in [-0.39, 0.29) is 17.1 Å². The summed E-state index contributed by atoms with van der Waals surface area (Å²) in [4.78, 5) is 11.8. The van der Waals surface area contributed by atoms with Gasteiger partial charge < -0.3 is 9.16 Å². The summed E-state index contributed by atoms with van der Waals surface area (Å²) in [5.41, 5.74) is -1.05. The van der Waals surface area contributed by atoms with Crippen LogP contribution in [0.1, 0.15) is 92.9 Å². The van der Waals surface area contributed by atoms with E-state index in [2.05, 4.69) is 41.5 Å². The van der Waals surface area contributed by atoms with Crippen molar-refractivity contribution in [2.24, 2.45) is 5.41 Å². The summed E-state index contributed by atoms with van der Waals surface area (Å²) in [5, 5.41) is 0. The molecule has 0 aromatic rings. The van der Waals surface area contributed by atoms with Gasteiger partial charge in [0.1, 0.15) is 5.60 Å². The van der Waals surface area contributed by atoms with Crippen LogP contribution >= 0.6 is 0 Å². The van der Waals surface area contributed by atoms with E-state index < -0.39 is 13.9 Å². The quantitative estimate of drug-likeness (QED) is 0.227. The molecule has 0 spiro atoms. The van der Waals surface area contributed by atoms with Gasteiger partial charge in [-0.1, -0.05) is 73.1 Å². The molecule has 0 aromatic carbocycles. The normalized spacial score (nSPS) is 32.9. The van der Waals surface area contributed by atoms with Crippen molar-refractivity contribution in [2.45, 2.75) is 128 Å². The first-order valence-electron chi connectivity index (χ1n) is 11.1. The number of rotatable bonds is 12. The average Bonchev–Trinajstić information content (AvgIpc) is 3.22. The molecule has 1 saturated carbocycles. The van der Waals surface area contributed by atoms with Gasteiger partial charge in [0, 0.05) is 17.9 Å². The molecule has 0 radical (unpaired) electrons. The van der Waals surface area contributed by atoms with Crippen LogP contribution in [-0.4, -0.2) is 31.9 Å². The second-order valence-electron chi connectivity index (χ2n) is 9.71. The SMILES string of the molecule is CCCC[Si](CCCC)(CCCC)O[C@H]1CC(C)(C)[C@@]2(C=O)O[C@@]2(C)C1. The highest BCUT2D eigenvalue weighted by Crippen LogP contribution is 2.64. The Bertz CT molecular complexity index is 456. The molecule has 26 heavy (non-hydrogen) atoms. The average molecular weight is 383 g/mol. The maximum absolute atomic E-state index is 11.8. The first-order chi connectivity index (χ1) is 12.2. The van der Waals surface area contributed by atoms with Crippen molar-refractivity contribution in [3.8, 4) is 0 Å². The lowest BCUT2D eigenvalue weighted by Crippen LogP contribution is -2.52. The fourth-order valence-electron chi connectivity index (χ4n) is 5.40. The Morgan fingerprint density at radius 3 is 1.85 bits per heavy atom. The molecule has 0 N–H and O–H groups in total. The summed E-state index contributed by atoms with van der Waals surface area (Å²) in [6.45, 7) is 13.4. The zero-order valence-corrected chi connectivity index (χ0v) is 19.2. The van der Waals surface area contributed by atoms with E-state index in [1.54, 1.807) is 0 Å². The Balaban J connectivity index is 2.17. The minimum absolute atomic E-state index is 0.146. The Morgan fingerprint density at radius 1 is 0.962 bits per heavy atom. The molecular formula is C22H42O3Si. The van der Waals surface area contributed by atoms with Crippen molar-refractivity contribution in [1.29, 1.82) is 0 Å². The van der Waals surface area contributed by atoms with E-state index in [4.69, 9.17) is 9.16 Å². The number of aldehydes is 1. The largest absolute Gasteiger partial charge is 0.414 e. The Hall–Kier alpha value is -0.193. The molecule has 2 rings (SSSR count). The maximum atomic E-state index is 11.8. The Kier molecular flexibility index (Phi) is 7.18. The molecular weight excluding hydrogens is 340 g/mol. The lowest BCUT2D eigenvalue weighted by molar-refractivity contribution is -0.117. The highest BCUT2D eigenvalue weighted by molar-refractivity contribution is 6.73. The van der Waals surface area contributed by atoms with Gasteiger partial charge in [-0.05, 0) is 31.5 Å². The van der Waals surface area contributed by atoms with Crippen LogP contribution in [-0.2, 0) is 14.0 Å². The van der Waals surface area contributed by atoms with Crippen molar-refractivity contribution < 1.29 is 14.0 Å². The van der Waals surface area contributed by atoms with E-state index in [9.17, 15) is 4.79 Å². The lowest BCUT2D eigenvalue weighted by atomic mass is 9.64. The number of carbonyl (C=O) groups excluding carboxylic acids is 1. The van der Waals surface area contributed by atoms with Crippen molar-refractivity contribution in [3.05, 3.63) is 0 Å². The van der Waals surface area contributed by atoms with E-state index in [1.807, 2.05) is 0 Å². The van der Waals surface area contributed by atoms with Gasteiger partial charge in [0.25, 0.3) is 0 Å². The minimum Gasteiger partial charge on any atom is -0.414 e. The molecule has 4 heteroatoms. The molecule has 3 nitrogen and oxygen atoms in total. The summed E-state index contributed by atoms with van der Waals surface area (Å²) in [5.74, 6) is 0. The van der Waals surface area contributed by atoms with Gasteiger partial charge in [0.05, 0.1) is 0 Å². The highest BCUT2D eigenvalue weighted by atomic mass is 28.4. The number of hydrogen-bond acceptors (Lipinski definition) is 3. The number of hydrogen-bond donors (Lipinski definition) is 0. The van der Waals surface area contributed by atoms with Gasteiger partial charge in [-0.25, -0.2) is 0 Å². The molecule has 1 saturated heterocycles. The highest BCUT2D eigenvalue weighted by Gasteiger charge is 2.76. The van der Waals surface area contributed by atoms with Crippen molar-refractivity contribution in [1.82, 2.24) is 0 Å². The van der Waals surface area contributed by atoms with Crippen molar-refractivity contribution >= 4 is 14.6 Å². The van der Waals surface area contributed by atoms with Crippen LogP contribution in [0.5, 0.6) is 0 Å². The van der Waals surface area contributed by atoms with Gasteiger partial charge in [-0.3, -0.25) is 4.79 Å². The topological polar surface area (TPSA) is 38.8 Å². The number of unbranched alkanes of at least 4 members (excludes halogenated alkanes) is 3. The molecule has 1 heterocycles. The molecule has 1 aliphatic carbocycles. The molecule has 2 aliphatic rings. The zero-order valence-electron chi connectivity index (χ0n) is 18.2.